The molecule has 1 aromatic carbocycles. The largest absolute Gasteiger partial charge is 0.392 e. The summed E-state index contributed by atoms with van der Waals surface area (Å²) in [5.74, 6) is 0.394. The number of amides is 1. The summed E-state index contributed by atoms with van der Waals surface area (Å²) in [6, 6.07) is 7.50. The van der Waals surface area contributed by atoms with Gasteiger partial charge in [-0.25, -0.2) is 0 Å². The van der Waals surface area contributed by atoms with Gasteiger partial charge < -0.3 is 10.4 Å². The summed E-state index contributed by atoms with van der Waals surface area (Å²) in [6.07, 6.45) is 1.91. The van der Waals surface area contributed by atoms with E-state index in [1.54, 1.807) is 0 Å². The van der Waals surface area contributed by atoms with Crippen molar-refractivity contribution in [1.29, 1.82) is 0 Å². The molecule has 0 saturated heterocycles. The number of nitrogens with one attached hydrogen (secondary N) is 1. The van der Waals surface area contributed by atoms with Crippen LogP contribution in [0.15, 0.2) is 24.3 Å². The molecule has 0 spiro atoms. The first-order valence-corrected chi connectivity index (χ1v) is 7.23. The van der Waals surface area contributed by atoms with Gasteiger partial charge in [0.25, 0.3) is 0 Å². The van der Waals surface area contributed by atoms with E-state index < -0.39 is 0 Å². The molecule has 4 nitrogen and oxygen atoms in total. The number of hydrogen-bond acceptors (Lipinski definition) is 3. The molecule has 2 rings (SSSR count). The van der Waals surface area contributed by atoms with Crippen LogP contribution in [0.5, 0.6) is 0 Å². The average molecular weight is 276 g/mol. The molecule has 110 valence electrons. The Bertz CT molecular complexity index is 471. The van der Waals surface area contributed by atoms with Gasteiger partial charge in [0.1, 0.15) is 0 Å². The van der Waals surface area contributed by atoms with Crippen LogP contribution >= 0.6 is 0 Å². The van der Waals surface area contributed by atoms with Crippen LogP contribution in [0, 0.1) is 12.8 Å². The van der Waals surface area contributed by atoms with Crippen molar-refractivity contribution in [1.82, 2.24) is 4.90 Å². The molecule has 1 aliphatic carbocycles. The van der Waals surface area contributed by atoms with Crippen LogP contribution in [0.4, 0.5) is 5.69 Å². The van der Waals surface area contributed by atoms with Gasteiger partial charge in [0.05, 0.1) is 12.1 Å². The maximum absolute atomic E-state index is 12.2. The molecular weight excluding hydrogens is 252 g/mol. The zero-order valence-corrected chi connectivity index (χ0v) is 12.5. The number of aryl methyl sites for hydroxylation is 1. The lowest BCUT2D eigenvalue weighted by atomic mass is 10.2. The number of aliphatic hydroxyl groups is 1. The fourth-order valence-electron chi connectivity index (χ4n) is 2.25. The number of carbonyl (C=O) groups excluding carboxylic acids is 1. The minimum Gasteiger partial charge on any atom is -0.392 e. The third-order valence-electron chi connectivity index (χ3n) is 3.97. The molecule has 1 aliphatic rings. The number of aliphatic hydroxyl groups excluding tert-OH is 1. The second-order valence-corrected chi connectivity index (χ2v) is 5.88. The Kier molecular flexibility index (Phi) is 4.78. The van der Waals surface area contributed by atoms with Gasteiger partial charge in [-0.3, -0.25) is 9.69 Å². The highest BCUT2D eigenvalue weighted by molar-refractivity contribution is 5.94. The Morgan fingerprint density at radius 3 is 2.80 bits per heavy atom. The van der Waals surface area contributed by atoms with Gasteiger partial charge in [-0.2, -0.15) is 0 Å². The van der Waals surface area contributed by atoms with E-state index in [0.29, 0.717) is 12.5 Å². The van der Waals surface area contributed by atoms with Crippen molar-refractivity contribution in [3.05, 3.63) is 29.8 Å². The SMILES string of the molecule is Cc1cccc(NC(=O)C(C)N(C)CC(O)C2CC2)c1. The monoisotopic (exact) mass is 276 g/mol. The maximum Gasteiger partial charge on any atom is 0.241 e. The van der Waals surface area contributed by atoms with Crippen LogP contribution in [0.2, 0.25) is 0 Å². The summed E-state index contributed by atoms with van der Waals surface area (Å²) >= 11 is 0. The Hall–Kier alpha value is -1.39. The summed E-state index contributed by atoms with van der Waals surface area (Å²) in [4.78, 5) is 14.1. The average Bonchev–Trinajstić information content (AvgIpc) is 3.21. The molecule has 0 aliphatic heterocycles. The molecule has 2 atom stereocenters. The second-order valence-electron chi connectivity index (χ2n) is 5.88. The lowest BCUT2D eigenvalue weighted by Gasteiger charge is -2.26. The fraction of sp³-hybridized carbons (Fsp3) is 0.562. The maximum atomic E-state index is 12.2. The highest BCUT2D eigenvalue weighted by Crippen LogP contribution is 2.32. The standard InChI is InChI=1S/C16H24N2O2/c1-11-5-4-6-14(9-11)17-16(20)12(2)18(3)10-15(19)13-7-8-13/h4-6,9,12-13,15,19H,7-8,10H2,1-3H3,(H,17,20). The Morgan fingerprint density at radius 1 is 1.50 bits per heavy atom. The quantitative estimate of drug-likeness (QED) is 0.836. The van der Waals surface area contributed by atoms with Crippen molar-refractivity contribution in [2.45, 2.75) is 38.8 Å². The van der Waals surface area contributed by atoms with Crippen molar-refractivity contribution in [3.63, 3.8) is 0 Å². The van der Waals surface area contributed by atoms with Crippen LogP contribution < -0.4 is 5.32 Å². The summed E-state index contributed by atoms with van der Waals surface area (Å²) in [7, 11) is 1.88. The molecule has 1 amide bonds. The zero-order valence-electron chi connectivity index (χ0n) is 12.5. The van der Waals surface area contributed by atoms with E-state index in [4.69, 9.17) is 0 Å². The molecule has 0 heterocycles. The van der Waals surface area contributed by atoms with Crippen molar-refractivity contribution < 1.29 is 9.90 Å². The van der Waals surface area contributed by atoms with Gasteiger partial charge in [-0.1, -0.05) is 12.1 Å². The van der Waals surface area contributed by atoms with Gasteiger partial charge in [0.15, 0.2) is 0 Å². The van der Waals surface area contributed by atoms with Crippen molar-refractivity contribution in [2.75, 3.05) is 18.9 Å². The first-order valence-electron chi connectivity index (χ1n) is 7.23. The summed E-state index contributed by atoms with van der Waals surface area (Å²) in [6.45, 7) is 4.41. The molecular formula is C16H24N2O2. The first-order chi connectivity index (χ1) is 9.47. The number of anilines is 1. The molecule has 0 bridgehead atoms. The van der Waals surface area contributed by atoms with Gasteiger partial charge in [-0.15, -0.1) is 0 Å². The molecule has 1 fully saturated rings. The molecule has 0 radical (unpaired) electrons. The Balaban J connectivity index is 1.87. The Labute approximate surface area is 120 Å². The Morgan fingerprint density at radius 2 is 2.20 bits per heavy atom. The van der Waals surface area contributed by atoms with E-state index in [2.05, 4.69) is 5.32 Å². The van der Waals surface area contributed by atoms with E-state index in [9.17, 15) is 9.90 Å². The normalized spacial score (nSPS) is 17.9. The summed E-state index contributed by atoms with van der Waals surface area (Å²) < 4.78 is 0. The van der Waals surface area contributed by atoms with Gasteiger partial charge >= 0.3 is 0 Å². The number of likely N-dealkylation sites (N-methyl/N-ethyl adjacent to an activating group) is 1. The highest BCUT2D eigenvalue weighted by atomic mass is 16.3. The van der Waals surface area contributed by atoms with E-state index in [1.165, 1.54) is 0 Å². The second kappa shape index (κ2) is 6.37. The van der Waals surface area contributed by atoms with Crippen LogP contribution in [0.1, 0.15) is 25.3 Å². The van der Waals surface area contributed by atoms with Crippen LogP contribution in [0.3, 0.4) is 0 Å². The molecule has 4 heteroatoms. The topological polar surface area (TPSA) is 52.6 Å². The van der Waals surface area contributed by atoms with Crippen LogP contribution in [-0.4, -0.2) is 41.7 Å². The molecule has 2 unspecified atom stereocenters. The number of nitrogens with zero attached hydrogens (tertiary/aromatic N) is 1. The third-order valence-corrected chi connectivity index (χ3v) is 3.97. The summed E-state index contributed by atoms with van der Waals surface area (Å²) in [5, 5.41) is 12.9. The third kappa shape index (κ3) is 4.05. The molecule has 1 aromatic rings. The minimum atomic E-state index is -0.311. The predicted octanol–water partition coefficient (Wildman–Crippen LogP) is 2.02. The lowest BCUT2D eigenvalue weighted by Crippen LogP contribution is -2.43. The van der Waals surface area contributed by atoms with Crippen molar-refractivity contribution in [3.8, 4) is 0 Å². The molecule has 20 heavy (non-hydrogen) atoms. The molecule has 1 saturated carbocycles. The van der Waals surface area contributed by atoms with Crippen LogP contribution in [-0.2, 0) is 4.79 Å². The smallest absolute Gasteiger partial charge is 0.241 e. The highest BCUT2D eigenvalue weighted by Gasteiger charge is 2.31. The van der Waals surface area contributed by atoms with Gasteiger partial charge in [0.2, 0.25) is 5.91 Å². The van der Waals surface area contributed by atoms with Gasteiger partial charge in [0, 0.05) is 12.2 Å². The van der Waals surface area contributed by atoms with Gasteiger partial charge in [-0.05, 0) is 57.4 Å². The van der Waals surface area contributed by atoms with Crippen molar-refractivity contribution in [2.24, 2.45) is 5.92 Å². The fourth-order valence-corrected chi connectivity index (χ4v) is 2.25. The number of benzene rings is 1. The minimum absolute atomic E-state index is 0.0407. The van der Waals surface area contributed by atoms with E-state index in [0.717, 1.165) is 24.1 Å². The summed E-state index contributed by atoms with van der Waals surface area (Å²) in [5.41, 5.74) is 1.94. The number of hydrogen-bond donors (Lipinski definition) is 2. The number of rotatable bonds is 6. The number of carbonyl (C=O) groups is 1. The van der Waals surface area contributed by atoms with Crippen LogP contribution in [0.25, 0.3) is 0 Å². The lowest BCUT2D eigenvalue weighted by molar-refractivity contribution is -0.120. The van der Waals surface area contributed by atoms with E-state index in [-0.39, 0.29) is 18.1 Å². The van der Waals surface area contributed by atoms with Crippen molar-refractivity contribution >= 4 is 11.6 Å². The predicted molar refractivity (Wildman–Crippen MR) is 80.6 cm³/mol. The zero-order chi connectivity index (χ0) is 14.7. The molecule has 2 N–H and O–H groups in total. The van der Waals surface area contributed by atoms with E-state index in [1.807, 2.05) is 50.1 Å². The van der Waals surface area contributed by atoms with E-state index >= 15 is 0 Å². The molecule has 0 aromatic heterocycles. The first kappa shape index (κ1) is 15.0.